The van der Waals surface area contributed by atoms with Gasteiger partial charge in [0.2, 0.25) is 5.91 Å². The number of carbonyl (C=O) groups excluding carboxylic acids is 1. The molecule has 21 heavy (non-hydrogen) atoms. The standard InChI is InChI=1S/C13H14N4O3S/c1-9-7-15-13(8-14-9)17-21(19,20)12-5-3-11(4-6-12)16-10(2)18/h3-8H,1-2H3,(H,15,17)(H,16,18). The van der Waals surface area contributed by atoms with Gasteiger partial charge in [-0.3, -0.25) is 14.5 Å². The summed E-state index contributed by atoms with van der Waals surface area (Å²) in [5, 5.41) is 2.56. The van der Waals surface area contributed by atoms with Gasteiger partial charge in [-0.1, -0.05) is 0 Å². The van der Waals surface area contributed by atoms with Crippen molar-refractivity contribution in [2.24, 2.45) is 0 Å². The van der Waals surface area contributed by atoms with Crippen LogP contribution in [0.5, 0.6) is 0 Å². The molecule has 0 bridgehead atoms. The molecule has 1 aromatic carbocycles. The van der Waals surface area contributed by atoms with Crippen LogP contribution in [-0.2, 0) is 14.8 Å². The van der Waals surface area contributed by atoms with Crippen molar-refractivity contribution in [1.29, 1.82) is 0 Å². The number of aromatic nitrogens is 2. The zero-order chi connectivity index (χ0) is 15.5. The predicted octanol–water partition coefficient (Wildman–Crippen LogP) is 1.54. The minimum absolute atomic E-state index is 0.0685. The van der Waals surface area contributed by atoms with Crippen LogP contribution in [0.2, 0.25) is 0 Å². The van der Waals surface area contributed by atoms with Crippen molar-refractivity contribution in [1.82, 2.24) is 9.97 Å². The highest BCUT2D eigenvalue weighted by atomic mass is 32.2. The number of nitrogens with zero attached hydrogens (tertiary/aromatic N) is 2. The minimum Gasteiger partial charge on any atom is -0.326 e. The molecule has 0 spiro atoms. The first-order valence-corrected chi connectivity index (χ1v) is 7.54. The fourth-order valence-electron chi connectivity index (χ4n) is 1.56. The normalized spacial score (nSPS) is 11.0. The summed E-state index contributed by atoms with van der Waals surface area (Å²) in [5.41, 5.74) is 1.22. The molecule has 7 nitrogen and oxygen atoms in total. The van der Waals surface area contributed by atoms with Crippen LogP contribution in [0.3, 0.4) is 0 Å². The number of hydrogen-bond donors (Lipinski definition) is 2. The van der Waals surface area contributed by atoms with E-state index in [0.29, 0.717) is 11.4 Å². The Morgan fingerprint density at radius 2 is 1.76 bits per heavy atom. The average molecular weight is 306 g/mol. The molecule has 1 heterocycles. The summed E-state index contributed by atoms with van der Waals surface area (Å²) in [6.07, 6.45) is 2.82. The van der Waals surface area contributed by atoms with Crippen LogP contribution in [0.25, 0.3) is 0 Å². The Morgan fingerprint density at radius 3 is 2.29 bits per heavy atom. The van der Waals surface area contributed by atoms with Crippen molar-refractivity contribution in [3.63, 3.8) is 0 Å². The van der Waals surface area contributed by atoms with Crippen molar-refractivity contribution in [3.05, 3.63) is 42.4 Å². The third kappa shape index (κ3) is 3.99. The number of hydrogen-bond acceptors (Lipinski definition) is 5. The highest BCUT2D eigenvalue weighted by Gasteiger charge is 2.14. The Kier molecular flexibility index (Phi) is 4.18. The molecule has 0 atom stereocenters. The average Bonchev–Trinajstić information content (AvgIpc) is 2.41. The second kappa shape index (κ2) is 5.88. The van der Waals surface area contributed by atoms with Gasteiger partial charge in [0.25, 0.3) is 10.0 Å². The lowest BCUT2D eigenvalue weighted by Crippen LogP contribution is -2.14. The largest absolute Gasteiger partial charge is 0.326 e. The molecule has 0 fully saturated rings. The molecular weight excluding hydrogens is 292 g/mol. The second-order valence-corrected chi connectivity index (χ2v) is 6.04. The van der Waals surface area contributed by atoms with Crippen molar-refractivity contribution >= 4 is 27.4 Å². The summed E-state index contributed by atoms with van der Waals surface area (Å²) in [5.74, 6) is -0.0785. The molecule has 0 saturated carbocycles. The summed E-state index contributed by atoms with van der Waals surface area (Å²) in [6.45, 7) is 3.13. The highest BCUT2D eigenvalue weighted by molar-refractivity contribution is 7.92. The number of carbonyl (C=O) groups is 1. The SMILES string of the molecule is CC(=O)Nc1ccc(S(=O)(=O)Nc2cnc(C)cn2)cc1. The summed E-state index contributed by atoms with van der Waals surface area (Å²) in [4.78, 5) is 18.9. The van der Waals surface area contributed by atoms with E-state index in [1.807, 2.05) is 0 Å². The number of nitrogens with one attached hydrogen (secondary N) is 2. The van der Waals surface area contributed by atoms with Crippen molar-refractivity contribution in [2.45, 2.75) is 18.7 Å². The lowest BCUT2D eigenvalue weighted by Gasteiger charge is -2.08. The first-order valence-electron chi connectivity index (χ1n) is 6.06. The van der Waals surface area contributed by atoms with Crippen LogP contribution >= 0.6 is 0 Å². The molecule has 2 rings (SSSR count). The first-order chi connectivity index (χ1) is 9.87. The smallest absolute Gasteiger partial charge is 0.263 e. The first kappa shape index (κ1) is 14.9. The molecule has 2 aromatic rings. The van der Waals surface area contributed by atoms with Gasteiger partial charge in [0, 0.05) is 12.6 Å². The zero-order valence-electron chi connectivity index (χ0n) is 11.5. The topological polar surface area (TPSA) is 101 Å². The number of amides is 1. The lowest BCUT2D eigenvalue weighted by atomic mass is 10.3. The molecule has 1 aromatic heterocycles. The van der Waals surface area contributed by atoms with Crippen LogP contribution in [0.4, 0.5) is 11.5 Å². The molecule has 0 radical (unpaired) electrons. The van der Waals surface area contributed by atoms with Crippen molar-refractivity contribution in [2.75, 3.05) is 10.0 Å². The van der Waals surface area contributed by atoms with Gasteiger partial charge >= 0.3 is 0 Å². The third-order valence-corrected chi connectivity index (χ3v) is 3.88. The van der Waals surface area contributed by atoms with Crippen LogP contribution < -0.4 is 10.0 Å². The quantitative estimate of drug-likeness (QED) is 0.892. The minimum atomic E-state index is -3.74. The molecule has 1 amide bonds. The lowest BCUT2D eigenvalue weighted by molar-refractivity contribution is -0.114. The molecule has 8 heteroatoms. The van der Waals surface area contributed by atoms with Gasteiger partial charge in [-0.15, -0.1) is 0 Å². The van der Waals surface area contributed by atoms with Crippen LogP contribution in [0.15, 0.2) is 41.6 Å². The van der Waals surface area contributed by atoms with Crippen LogP contribution in [0.1, 0.15) is 12.6 Å². The van der Waals surface area contributed by atoms with Gasteiger partial charge < -0.3 is 5.32 Å². The van der Waals surface area contributed by atoms with Gasteiger partial charge in [0.1, 0.15) is 0 Å². The molecular formula is C13H14N4O3S. The van der Waals surface area contributed by atoms with Gasteiger partial charge in [-0.2, -0.15) is 0 Å². The maximum atomic E-state index is 12.2. The molecule has 110 valence electrons. The second-order valence-electron chi connectivity index (χ2n) is 4.35. The molecule has 2 N–H and O–H groups in total. The maximum absolute atomic E-state index is 12.2. The Bertz CT molecular complexity index is 740. The summed E-state index contributed by atoms with van der Waals surface area (Å²) in [7, 11) is -3.74. The molecule has 0 aliphatic rings. The molecule has 0 aliphatic carbocycles. The van der Waals surface area contributed by atoms with Crippen LogP contribution in [-0.4, -0.2) is 24.3 Å². The molecule has 0 unspecified atom stereocenters. The summed E-state index contributed by atoms with van der Waals surface area (Å²) < 4.78 is 26.6. The van der Waals surface area contributed by atoms with E-state index in [-0.39, 0.29) is 16.6 Å². The number of benzene rings is 1. The summed E-state index contributed by atoms with van der Waals surface area (Å²) in [6, 6.07) is 5.82. The van der Waals surface area contributed by atoms with Crippen molar-refractivity contribution < 1.29 is 13.2 Å². The van der Waals surface area contributed by atoms with Gasteiger partial charge in [0.05, 0.1) is 23.0 Å². The fraction of sp³-hybridized carbons (Fsp3) is 0.154. The van der Waals surface area contributed by atoms with E-state index < -0.39 is 10.0 Å². The Labute approximate surface area is 122 Å². The van der Waals surface area contributed by atoms with E-state index >= 15 is 0 Å². The van der Waals surface area contributed by atoms with E-state index in [4.69, 9.17) is 0 Å². The Hall–Kier alpha value is -2.48. The Balaban J connectivity index is 2.19. The zero-order valence-corrected chi connectivity index (χ0v) is 12.3. The van der Waals surface area contributed by atoms with Gasteiger partial charge in [0.15, 0.2) is 5.82 Å². The van der Waals surface area contributed by atoms with E-state index in [1.54, 1.807) is 6.92 Å². The highest BCUT2D eigenvalue weighted by Crippen LogP contribution is 2.16. The maximum Gasteiger partial charge on any atom is 0.263 e. The van der Waals surface area contributed by atoms with Crippen molar-refractivity contribution in [3.8, 4) is 0 Å². The van der Waals surface area contributed by atoms with Gasteiger partial charge in [-0.05, 0) is 31.2 Å². The number of anilines is 2. The van der Waals surface area contributed by atoms with E-state index in [2.05, 4.69) is 20.0 Å². The van der Waals surface area contributed by atoms with Gasteiger partial charge in [-0.25, -0.2) is 13.4 Å². The van der Waals surface area contributed by atoms with E-state index in [0.717, 1.165) is 0 Å². The van der Waals surface area contributed by atoms with Crippen LogP contribution in [0, 0.1) is 6.92 Å². The third-order valence-electron chi connectivity index (χ3n) is 2.50. The van der Waals surface area contributed by atoms with E-state index in [9.17, 15) is 13.2 Å². The number of rotatable bonds is 4. The Morgan fingerprint density at radius 1 is 1.10 bits per heavy atom. The molecule has 0 saturated heterocycles. The number of aryl methyl sites for hydroxylation is 1. The fourth-order valence-corrected chi connectivity index (χ4v) is 2.56. The monoisotopic (exact) mass is 306 g/mol. The molecule has 0 aliphatic heterocycles. The summed E-state index contributed by atoms with van der Waals surface area (Å²) >= 11 is 0. The predicted molar refractivity (Wildman–Crippen MR) is 78.3 cm³/mol. The number of sulfonamides is 1. The van der Waals surface area contributed by atoms with E-state index in [1.165, 1.54) is 43.6 Å².